The van der Waals surface area contributed by atoms with Crippen LogP contribution in [0, 0.1) is 18.6 Å². The van der Waals surface area contributed by atoms with Gasteiger partial charge in [0.05, 0.1) is 0 Å². The molecule has 0 saturated heterocycles. The number of nitrogens with zero attached hydrogens (tertiary/aromatic N) is 2. The summed E-state index contributed by atoms with van der Waals surface area (Å²) in [6.45, 7) is 2.70. The molecule has 11 heteroatoms. The second kappa shape index (κ2) is 10.8. The molecule has 0 radical (unpaired) electrons. The van der Waals surface area contributed by atoms with Crippen molar-refractivity contribution in [2.24, 2.45) is 16.5 Å². The molecular formula is C22H22F2N4O5. The lowest BCUT2D eigenvalue weighted by atomic mass is 9.88. The molecule has 2 aromatic carbocycles. The summed E-state index contributed by atoms with van der Waals surface area (Å²) in [5.41, 5.74) is 14.4. The number of carbonyl (C=O) groups excluding carboxylic acids is 1. The SMILES string of the molecule is Cc1ccc(-c2ccc(F)cc2F)c2c1CCN(C(=O)N=C(N)N)C2.O=C(O)/C=C/C(=O)O. The Bertz CT molecular complexity index is 1130. The highest BCUT2D eigenvalue weighted by molar-refractivity contribution is 5.91. The molecule has 0 aliphatic carbocycles. The van der Waals surface area contributed by atoms with E-state index in [1.807, 2.05) is 13.0 Å². The topological polar surface area (TPSA) is 159 Å². The second-order valence-electron chi connectivity index (χ2n) is 7.01. The van der Waals surface area contributed by atoms with Crippen molar-refractivity contribution < 1.29 is 33.4 Å². The maximum Gasteiger partial charge on any atom is 0.347 e. The molecule has 2 amide bonds. The van der Waals surface area contributed by atoms with Gasteiger partial charge < -0.3 is 26.6 Å². The van der Waals surface area contributed by atoms with E-state index < -0.39 is 29.6 Å². The zero-order valence-corrected chi connectivity index (χ0v) is 17.6. The standard InChI is InChI=1S/C18H18F2N4O.C4H4O4/c1-10-2-4-13(14-5-3-11(19)8-16(14)20)15-9-24(7-6-12(10)15)18(25)23-17(21)22;5-3(6)1-2-4(7)8/h2-5,8H,6-7,9H2,1H3,(H4,21,22,23,25);1-2H,(H,5,6)(H,7,8)/b;2-1+. The van der Waals surface area contributed by atoms with Gasteiger partial charge in [-0.05, 0) is 47.7 Å². The van der Waals surface area contributed by atoms with E-state index in [1.54, 1.807) is 6.07 Å². The van der Waals surface area contributed by atoms with E-state index in [2.05, 4.69) is 4.99 Å². The average molecular weight is 460 g/mol. The summed E-state index contributed by atoms with van der Waals surface area (Å²) in [6, 6.07) is 6.65. The molecule has 9 nitrogen and oxygen atoms in total. The van der Waals surface area contributed by atoms with Crippen LogP contribution in [0.1, 0.15) is 16.7 Å². The maximum atomic E-state index is 14.3. The van der Waals surface area contributed by atoms with Crippen molar-refractivity contribution in [2.75, 3.05) is 6.54 Å². The fourth-order valence-electron chi connectivity index (χ4n) is 3.30. The molecule has 33 heavy (non-hydrogen) atoms. The summed E-state index contributed by atoms with van der Waals surface area (Å²) >= 11 is 0. The number of carbonyl (C=O) groups is 3. The number of nitrogens with two attached hydrogens (primary N) is 2. The van der Waals surface area contributed by atoms with E-state index >= 15 is 0 Å². The predicted octanol–water partition coefficient (Wildman–Crippen LogP) is 2.40. The number of hydrogen-bond acceptors (Lipinski definition) is 3. The summed E-state index contributed by atoms with van der Waals surface area (Å²) in [5, 5.41) is 15.6. The van der Waals surface area contributed by atoms with Gasteiger partial charge in [0.1, 0.15) is 11.6 Å². The Kier molecular flexibility index (Phi) is 8.21. The molecule has 1 aliphatic heterocycles. The molecule has 3 rings (SSSR count). The zero-order chi connectivity index (χ0) is 24.7. The summed E-state index contributed by atoms with van der Waals surface area (Å²) < 4.78 is 27.5. The predicted molar refractivity (Wildman–Crippen MR) is 116 cm³/mol. The highest BCUT2D eigenvalue weighted by atomic mass is 19.1. The Morgan fingerprint density at radius 3 is 2.15 bits per heavy atom. The Morgan fingerprint density at radius 2 is 1.61 bits per heavy atom. The van der Waals surface area contributed by atoms with Crippen molar-refractivity contribution in [3.8, 4) is 11.1 Å². The number of guanidine groups is 1. The molecule has 6 N–H and O–H groups in total. The van der Waals surface area contributed by atoms with Gasteiger partial charge >= 0.3 is 18.0 Å². The summed E-state index contributed by atoms with van der Waals surface area (Å²) in [6.07, 6.45) is 1.73. The Labute approximate surface area is 187 Å². The van der Waals surface area contributed by atoms with Gasteiger partial charge in [0.2, 0.25) is 0 Å². The number of carboxylic acid groups (broad SMARTS) is 2. The number of fused-ring (bicyclic) bond motifs is 1. The third kappa shape index (κ3) is 6.86. The Hall–Kier alpha value is -4.28. The number of halogens is 2. The molecule has 0 aromatic heterocycles. The number of aliphatic carboxylic acids is 2. The van der Waals surface area contributed by atoms with Gasteiger partial charge in [0.25, 0.3) is 0 Å². The molecular weight excluding hydrogens is 438 g/mol. The highest BCUT2D eigenvalue weighted by Crippen LogP contribution is 2.34. The summed E-state index contributed by atoms with van der Waals surface area (Å²) in [4.78, 5) is 36.3. The first-order valence-corrected chi connectivity index (χ1v) is 9.58. The molecule has 174 valence electrons. The summed E-state index contributed by atoms with van der Waals surface area (Å²) in [7, 11) is 0. The number of amides is 2. The fraction of sp³-hybridized carbons (Fsp3) is 0.182. The van der Waals surface area contributed by atoms with Crippen LogP contribution in [0.15, 0.2) is 47.5 Å². The number of benzene rings is 2. The van der Waals surface area contributed by atoms with Gasteiger partial charge in [-0.2, -0.15) is 4.99 Å². The molecule has 1 aliphatic rings. The minimum Gasteiger partial charge on any atom is -0.478 e. The molecule has 0 atom stereocenters. The monoisotopic (exact) mass is 460 g/mol. The third-order valence-electron chi connectivity index (χ3n) is 4.73. The summed E-state index contributed by atoms with van der Waals surface area (Å²) in [5.74, 6) is -4.09. The number of hydrogen-bond donors (Lipinski definition) is 4. The lowest BCUT2D eigenvalue weighted by Crippen LogP contribution is -2.37. The van der Waals surface area contributed by atoms with Crippen LogP contribution in [0.25, 0.3) is 11.1 Å². The largest absolute Gasteiger partial charge is 0.478 e. The second-order valence-corrected chi connectivity index (χ2v) is 7.01. The maximum absolute atomic E-state index is 14.3. The molecule has 0 saturated carbocycles. The van der Waals surface area contributed by atoms with Crippen molar-refractivity contribution >= 4 is 23.9 Å². The van der Waals surface area contributed by atoms with E-state index in [9.17, 15) is 23.2 Å². The van der Waals surface area contributed by atoms with Crippen LogP contribution in [-0.2, 0) is 22.6 Å². The van der Waals surface area contributed by atoms with E-state index in [-0.39, 0.29) is 12.5 Å². The molecule has 0 bridgehead atoms. The smallest absolute Gasteiger partial charge is 0.347 e. The van der Waals surface area contributed by atoms with Gasteiger partial charge in [0.15, 0.2) is 5.96 Å². The van der Waals surface area contributed by atoms with Gasteiger partial charge in [-0.25, -0.2) is 23.2 Å². The minimum absolute atomic E-state index is 0.263. The van der Waals surface area contributed by atoms with Crippen molar-refractivity contribution in [2.45, 2.75) is 19.9 Å². The number of aryl methyl sites for hydroxylation is 1. The average Bonchev–Trinajstić information content (AvgIpc) is 2.73. The molecule has 1 heterocycles. The van der Waals surface area contributed by atoms with Gasteiger partial charge in [-0.1, -0.05) is 12.1 Å². The Balaban J connectivity index is 0.000000414. The minimum atomic E-state index is -1.26. The van der Waals surface area contributed by atoms with E-state index in [4.69, 9.17) is 21.7 Å². The first-order valence-electron chi connectivity index (χ1n) is 9.58. The first-order chi connectivity index (χ1) is 15.5. The highest BCUT2D eigenvalue weighted by Gasteiger charge is 2.25. The van der Waals surface area contributed by atoms with Crippen molar-refractivity contribution in [3.05, 3.63) is 70.8 Å². The lowest BCUT2D eigenvalue weighted by molar-refractivity contribution is -0.134. The fourth-order valence-corrected chi connectivity index (χ4v) is 3.30. The molecule has 2 aromatic rings. The molecule has 0 fully saturated rings. The van der Waals surface area contributed by atoms with Crippen LogP contribution >= 0.6 is 0 Å². The third-order valence-corrected chi connectivity index (χ3v) is 4.73. The molecule has 0 unspecified atom stereocenters. The van der Waals surface area contributed by atoms with Crippen LogP contribution in [0.4, 0.5) is 13.6 Å². The van der Waals surface area contributed by atoms with Crippen molar-refractivity contribution in [1.82, 2.24) is 4.90 Å². The van der Waals surface area contributed by atoms with Crippen LogP contribution in [0.3, 0.4) is 0 Å². The van der Waals surface area contributed by atoms with Crippen LogP contribution in [0.5, 0.6) is 0 Å². The Morgan fingerprint density at radius 1 is 1.00 bits per heavy atom. The molecule has 0 spiro atoms. The van der Waals surface area contributed by atoms with Crippen LogP contribution in [-0.4, -0.2) is 45.6 Å². The van der Waals surface area contributed by atoms with Gasteiger partial charge in [-0.15, -0.1) is 0 Å². The number of rotatable bonds is 3. The number of carboxylic acids is 2. The van der Waals surface area contributed by atoms with Crippen molar-refractivity contribution in [1.29, 1.82) is 0 Å². The van der Waals surface area contributed by atoms with E-state index in [0.29, 0.717) is 36.2 Å². The van der Waals surface area contributed by atoms with E-state index in [1.165, 1.54) is 17.0 Å². The number of urea groups is 1. The van der Waals surface area contributed by atoms with E-state index in [0.717, 1.165) is 22.8 Å². The van der Waals surface area contributed by atoms with Crippen LogP contribution < -0.4 is 11.5 Å². The van der Waals surface area contributed by atoms with Gasteiger partial charge in [-0.3, -0.25) is 0 Å². The van der Waals surface area contributed by atoms with Crippen molar-refractivity contribution in [3.63, 3.8) is 0 Å². The quantitative estimate of drug-likeness (QED) is 0.311. The normalized spacial score (nSPS) is 12.4. The first kappa shape index (κ1) is 25.0. The number of aliphatic imine (C=N–C) groups is 1. The van der Waals surface area contributed by atoms with Gasteiger partial charge in [0, 0.05) is 36.9 Å². The zero-order valence-electron chi connectivity index (χ0n) is 17.6. The lowest BCUT2D eigenvalue weighted by Gasteiger charge is -2.30. The van der Waals surface area contributed by atoms with Crippen LogP contribution in [0.2, 0.25) is 0 Å².